The molecule has 1 unspecified atom stereocenters. The van der Waals surface area contributed by atoms with Gasteiger partial charge in [0.25, 0.3) is 0 Å². The largest absolute Gasteiger partial charge is 0.312 e. The first-order valence-corrected chi connectivity index (χ1v) is 7.77. The van der Waals surface area contributed by atoms with Crippen LogP contribution in [0.4, 0.5) is 0 Å². The molecule has 1 heterocycles. The van der Waals surface area contributed by atoms with Gasteiger partial charge in [0.05, 0.1) is 0 Å². The van der Waals surface area contributed by atoms with Crippen molar-refractivity contribution < 1.29 is 0 Å². The number of benzene rings is 1. The number of likely N-dealkylation sites (N-methyl/N-ethyl adjacent to an activating group) is 1. The van der Waals surface area contributed by atoms with Gasteiger partial charge in [-0.15, -0.1) is 11.3 Å². The van der Waals surface area contributed by atoms with Crippen LogP contribution in [0.3, 0.4) is 0 Å². The predicted octanol–water partition coefficient (Wildman–Crippen LogP) is 4.98. The van der Waals surface area contributed by atoms with Crippen LogP contribution in [0.15, 0.2) is 34.8 Å². The second kappa shape index (κ2) is 6.20. The molecule has 1 N–H and O–H groups in total. The first kappa shape index (κ1) is 14.1. The molecule has 18 heavy (non-hydrogen) atoms. The molecular weight excluding hydrogens is 330 g/mol. The molecule has 96 valence electrons. The third-order valence-corrected chi connectivity index (χ3v) is 5.57. The van der Waals surface area contributed by atoms with Crippen molar-refractivity contribution in [2.45, 2.75) is 19.4 Å². The molecule has 1 aromatic heterocycles. The van der Waals surface area contributed by atoms with E-state index >= 15 is 0 Å². The monoisotopic (exact) mass is 343 g/mol. The number of aryl methyl sites for hydroxylation is 1. The van der Waals surface area contributed by atoms with Gasteiger partial charge in [0.15, 0.2) is 0 Å². The predicted molar refractivity (Wildman–Crippen MR) is 83.7 cm³/mol. The molecule has 1 atom stereocenters. The van der Waals surface area contributed by atoms with E-state index in [4.69, 9.17) is 11.6 Å². The highest BCUT2D eigenvalue weighted by atomic mass is 79.9. The van der Waals surface area contributed by atoms with Gasteiger partial charge in [-0.25, -0.2) is 0 Å². The lowest BCUT2D eigenvalue weighted by Gasteiger charge is -2.15. The zero-order valence-corrected chi connectivity index (χ0v) is 13.5. The Kier molecular flexibility index (Phi) is 4.84. The molecule has 0 saturated heterocycles. The molecule has 1 aromatic carbocycles. The van der Waals surface area contributed by atoms with Crippen molar-refractivity contribution in [3.63, 3.8) is 0 Å². The Bertz CT molecular complexity index is 519. The lowest BCUT2D eigenvalue weighted by molar-refractivity contribution is 0.602. The summed E-state index contributed by atoms with van der Waals surface area (Å²) in [5.74, 6) is 0. The van der Waals surface area contributed by atoms with E-state index in [2.05, 4.69) is 40.3 Å². The zero-order valence-electron chi connectivity index (χ0n) is 10.3. The van der Waals surface area contributed by atoms with Crippen molar-refractivity contribution in [3.8, 4) is 0 Å². The summed E-state index contributed by atoms with van der Waals surface area (Å²) in [5.41, 5.74) is 1.18. The van der Waals surface area contributed by atoms with Crippen LogP contribution < -0.4 is 5.32 Å². The fourth-order valence-corrected chi connectivity index (χ4v) is 3.77. The second-order valence-corrected chi connectivity index (χ2v) is 6.74. The third-order valence-electron chi connectivity index (χ3n) is 2.95. The number of nitrogens with one attached hydrogen (secondary N) is 1. The van der Waals surface area contributed by atoms with Crippen LogP contribution in [-0.4, -0.2) is 7.05 Å². The molecule has 0 aliphatic carbocycles. The lowest BCUT2D eigenvalue weighted by Crippen LogP contribution is -2.17. The molecule has 0 amide bonds. The topological polar surface area (TPSA) is 12.0 Å². The maximum absolute atomic E-state index is 6.22. The number of hydrogen-bond donors (Lipinski definition) is 1. The average Bonchev–Trinajstić information content (AvgIpc) is 2.68. The van der Waals surface area contributed by atoms with Crippen LogP contribution in [-0.2, 0) is 6.42 Å². The summed E-state index contributed by atoms with van der Waals surface area (Å²) in [7, 11) is 1.99. The lowest BCUT2D eigenvalue weighted by atomic mass is 10.0. The van der Waals surface area contributed by atoms with Crippen LogP contribution in [0, 0.1) is 6.92 Å². The molecule has 2 rings (SSSR count). The third kappa shape index (κ3) is 3.15. The van der Waals surface area contributed by atoms with Crippen LogP contribution in [0.2, 0.25) is 5.02 Å². The molecule has 0 saturated carbocycles. The molecule has 0 fully saturated rings. The van der Waals surface area contributed by atoms with Gasteiger partial charge in [-0.1, -0.05) is 29.8 Å². The van der Waals surface area contributed by atoms with Crippen molar-refractivity contribution in [1.29, 1.82) is 0 Å². The average molecular weight is 345 g/mol. The van der Waals surface area contributed by atoms with Gasteiger partial charge in [0, 0.05) is 25.3 Å². The Morgan fingerprint density at radius 2 is 2.11 bits per heavy atom. The van der Waals surface area contributed by atoms with Crippen LogP contribution in [0.1, 0.15) is 21.4 Å². The summed E-state index contributed by atoms with van der Waals surface area (Å²) in [6.45, 7) is 2.13. The molecule has 4 heteroatoms. The highest BCUT2D eigenvalue weighted by molar-refractivity contribution is 9.10. The van der Waals surface area contributed by atoms with E-state index in [0.29, 0.717) is 6.04 Å². The van der Waals surface area contributed by atoms with Gasteiger partial charge < -0.3 is 5.32 Å². The summed E-state index contributed by atoms with van der Waals surface area (Å²) < 4.78 is 1.18. The fraction of sp³-hybridized carbons (Fsp3) is 0.286. The number of thiophene rings is 1. The summed E-state index contributed by atoms with van der Waals surface area (Å²) in [6.07, 6.45) is 0.905. The number of rotatable bonds is 4. The van der Waals surface area contributed by atoms with E-state index in [-0.39, 0.29) is 0 Å². The standard InChI is InChI=1S/C14H15BrClNS/c1-9-11(15)8-14(18-9)13(17-2)7-10-5-3-4-6-12(10)16/h3-6,8,13,17H,7H2,1-2H3. The first-order chi connectivity index (χ1) is 8.61. The Morgan fingerprint density at radius 1 is 1.39 bits per heavy atom. The van der Waals surface area contributed by atoms with E-state index in [1.807, 2.05) is 36.6 Å². The van der Waals surface area contributed by atoms with Crippen LogP contribution >= 0.6 is 38.9 Å². The normalized spacial score (nSPS) is 12.7. The summed E-state index contributed by atoms with van der Waals surface area (Å²) >= 11 is 11.6. The van der Waals surface area contributed by atoms with Crippen molar-refractivity contribution in [2.24, 2.45) is 0 Å². The Hall–Kier alpha value is -0.350. The highest BCUT2D eigenvalue weighted by Crippen LogP contribution is 2.32. The Balaban J connectivity index is 2.22. The quantitative estimate of drug-likeness (QED) is 0.825. The van der Waals surface area contributed by atoms with E-state index in [0.717, 1.165) is 11.4 Å². The van der Waals surface area contributed by atoms with Crippen molar-refractivity contribution in [3.05, 3.63) is 55.1 Å². The summed E-state index contributed by atoms with van der Waals surface area (Å²) in [5, 5.41) is 4.20. The van der Waals surface area contributed by atoms with E-state index in [9.17, 15) is 0 Å². The van der Waals surface area contributed by atoms with Gasteiger partial charge in [-0.05, 0) is 54.0 Å². The van der Waals surface area contributed by atoms with Gasteiger partial charge in [0.1, 0.15) is 0 Å². The molecule has 0 aliphatic rings. The second-order valence-electron chi connectivity index (χ2n) is 4.19. The minimum atomic E-state index is 0.305. The summed E-state index contributed by atoms with van der Waals surface area (Å²) in [4.78, 5) is 2.64. The minimum absolute atomic E-state index is 0.305. The Labute approximate surface area is 125 Å². The fourth-order valence-electron chi connectivity index (χ4n) is 1.88. The first-order valence-electron chi connectivity index (χ1n) is 5.78. The van der Waals surface area contributed by atoms with Gasteiger partial charge >= 0.3 is 0 Å². The highest BCUT2D eigenvalue weighted by Gasteiger charge is 2.15. The smallest absolute Gasteiger partial charge is 0.0454 e. The van der Waals surface area contributed by atoms with E-state index in [1.54, 1.807) is 0 Å². The SMILES string of the molecule is CNC(Cc1ccccc1Cl)c1cc(Br)c(C)s1. The minimum Gasteiger partial charge on any atom is -0.312 e. The summed E-state index contributed by atoms with van der Waals surface area (Å²) in [6, 6.07) is 10.5. The molecule has 0 spiro atoms. The maximum atomic E-state index is 6.22. The van der Waals surface area contributed by atoms with Gasteiger partial charge in [0.2, 0.25) is 0 Å². The van der Waals surface area contributed by atoms with Crippen molar-refractivity contribution >= 4 is 38.9 Å². The molecule has 0 aliphatic heterocycles. The van der Waals surface area contributed by atoms with Crippen LogP contribution in [0.25, 0.3) is 0 Å². The molecule has 2 aromatic rings. The number of hydrogen-bond acceptors (Lipinski definition) is 2. The van der Waals surface area contributed by atoms with E-state index < -0.39 is 0 Å². The Morgan fingerprint density at radius 3 is 2.67 bits per heavy atom. The number of halogens is 2. The molecule has 0 bridgehead atoms. The molecule has 0 radical (unpaired) electrons. The zero-order chi connectivity index (χ0) is 13.1. The molecular formula is C14H15BrClNS. The van der Waals surface area contributed by atoms with E-state index in [1.165, 1.54) is 19.8 Å². The van der Waals surface area contributed by atoms with Crippen molar-refractivity contribution in [2.75, 3.05) is 7.05 Å². The van der Waals surface area contributed by atoms with Crippen LogP contribution in [0.5, 0.6) is 0 Å². The van der Waals surface area contributed by atoms with Crippen molar-refractivity contribution in [1.82, 2.24) is 5.32 Å². The van der Waals surface area contributed by atoms with Gasteiger partial charge in [-0.3, -0.25) is 0 Å². The van der Waals surface area contributed by atoms with Gasteiger partial charge in [-0.2, -0.15) is 0 Å². The molecule has 1 nitrogen and oxygen atoms in total. The maximum Gasteiger partial charge on any atom is 0.0454 e.